The third kappa shape index (κ3) is 5.04. The largest absolute Gasteiger partial charge is 0.379 e. The molecule has 0 saturated carbocycles. The van der Waals surface area contributed by atoms with Crippen molar-refractivity contribution in [3.63, 3.8) is 0 Å². The van der Waals surface area contributed by atoms with Crippen LogP contribution in [-0.2, 0) is 17.8 Å². The van der Waals surface area contributed by atoms with Crippen molar-refractivity contribution in [1.82, 2.24) is 25.2 Å². The maximum absolute atomic E-state index is 5.41. The number of nitrogens with zero attached hydrogens (tertiary/aromatic N) is 4. The molecule has 0 atom stereocenters. The van der Waals surface area contributed by atoms with Crippen molar-refractivity contribution in [3.05, 3.63) is 71.9 Å². The fourth-order valence-corrected chi connectivity index (χ4v) is 3.41. The highest BCUT2D eigenvalue weighted by Crippen LogP contribution is 2.20. The zero-order valence-electron chi connectivity index (χ0n) is 16.1. The summed E-state index contributed by atoms with van der Waals surface area (Å²) in [7, 11) is 0. The quantitative estimate of drug-likeness (QED) is 0.611. The second-order valence-electron chi connectivity index (χ2n) is 7.01. The van der Waals surface area contributed by atoms with E-state index in [9.17, 15) is 0 Å². The standard InChI is InChI=1S/C22H27N5O/c1-3-7-19(8-4-1)18-27-24-21(22(25-27)20-9-5-2-6-10-20)17-23-11-12-26-13-15-28-16-14-26/h1-10,23H,11-18H2. The molecule has 6 nitrogen and oxygen atoms in total. The van der Waals surface area contributed by atoms with E-state index in [0.717, 1.165) is 56.3 Å². The molecule has 0 unspecified atom stereocenters. The van der Waals surface area contributed by atoms with E-state index in [0.29, 0.717) is 13.1 Å². The van der Waals surface area contributed by atoms with E-state index < -0.39 is 0 Å². The molecule has 0 spiro atoms. The lowest BCUT2D eigenvalue weighted by molar-refractivity contribution is 0.0384. The first-order valence-electron chi connectivity index (χ1n) is 9.93. The number of rotatable bonds is 8. The maximum atomic E-state index is 5.41. The van der Waals surface area contributed by atoms with Crippen LogP contribution in [0.3, 0.4) is 0 Å². The molecular formula is C22H27N5O. The first-order chi connectivity index (χ1) is 13.9. The Bertz CT molecular complexity index is 844. The Morgan fingerprint density at radius 3 is 2.36 bits per heavy atom. The van der Waals surface area contributed by atoms with Gasteiger partial charge in [-0.2, -0.15) is 15.0 Å². The van der Waals surface area contributed by atoms with Crippen LogP contribution >= 0.6 is 0 Å². The van der Waals surface area contributed by atoms with Crippen molar-refractivity contribution in [2.75, 3.05) is 39.4 Å². The molecule has 146 valence electrons. The zero-order chi connectivity index (χ0) is 19.0. The van der Waals surface area contributed by atoms with Crippen molar-refractivity contribution >= 4 is 0 Å². The first-order valence-corrected chi connectivity index (χ1v) is 9.93. The van der Waals surface area contributed by atoms with Crippen LogP contribution in [0.4, 0.5) is 0 Å². The fraction of sp³-hybridized carbons (Fsp3) is 0.364. The minimum absolute atomic E-state index is 0.675. The predicted molar refractivity (Wildman–Crippen MR) is 110 cm³/mol. The molecule has 0 aliphatic carbocycles. The lowest BCUT2D eigenvalue weighted by atomic mass is 10.1. The van der Waals surface area contributed by atoms with Gasteiger partial charge >= 0.3 is 0 Å². The molecular weight excluding hydrogens is 350 g/mol. The highest BCUT2D eigenvalue weighted by molar-refractivity contribution is 5.60. The van der Waals surface area contributed by atoms with Gasteiger partial charge in [-0.15, -0.1) is 0 Å². The maximum Gasteiger partial charge on any atom is 0.117 e. The van der Waals surface area contributed by atoms with Gasteiger partial charge in [-0.25, -0.2) is 0 Å². The molecule has 0 radical (unpaired) electrons. The summed E-state index contributed by atoms with van der Waals surface area (Å²) in [6.45, 7) is 7.06. The normalized spacial score (nSPS) is 15.0. The van der Waals surface area contributed by atoms with Crippen LogP contribution in [0.2, 0.25) is 0 Å². The molecule has 1 saturated heterocycles. The smallest absolute Gasteiger partial charge is 0.117 e. The molecule has 4 rings (SSSR count). The van der Waals surface area contributed by atoms with Crippen molar-refractivity contribution in [3.8, 4) is 11.3 Å². The monoisotopic (exact) mass is 377 g/mol. The second-order valence-corrected chi connectivity index (χ2v) is 7.01. The summed E-state index contributed by atoms with van der Waals surface area (Å²) in [4.78, 5) is 4.23. The third-order valence-corrected chi connectivity index (χ3v) is 4.94. The van der Waals surface area contributed by atoms with Gasteiger partial charge in [0, 0.05) is 38.3 Å². The summed E-state index contributed by atoms with van der Waals surface area (Å²) < 4.78 is 5.41. The number of morpholine rings is 1. The lowest BCUT2D eigenvalue weighted by Crippen LogP contribution is -2.40. The Hall–Kier alpha value is -2.54. The summed E-state index contributed by atoms with van der Waals surface area (Å²) >= 11 is 0. The molecule has 0 amide bonds. The Kier molecular flexibility index (Phi) is 6.44. The molecule has 3 aromatic rings. The van der Waals surface area contributed by atoms with Gasteiger partial charge in [0.15, 0.2) is 0 Å². The Morgan fingerprint density at radius 2 is 1.61 bits per heavy atom. The number of aromatic nitrogens is 3. The lowest BCUT2D eigenvalue weighted by Gasteiger charge is -2.26. The number of hydrogen-bond acceptors (Lipinski definition) is 5. The molecule has 28 heavy (non-hydrogen) atoms. The average molecular weight is 377 g/mol. The van der Waals surface area contributed by atoms with Crippen LogP contribution in [0.25, 0.3) is 11.3 Å². The van der Waals surface area contributed by atoms with Crippen LogP contribution in [0.1, 0.15) is 11.3 Å². The van der Waals surface area contributed by atoms with E-state index in [2.05, 4.69) is 34.5 Å². The van der Waals surface area contributed by atoms with Crippen LogP contribution in [-0.4, -0.2) is 59.3 Å². The van der Waals surface area contributed by atoms with E-state index in [1.807, 2.05) is 36.4 Å². The van der Waals surface area contributed by atoms with Gasteiger partial charge in [-0.1, -0.05) is 60.7 Å². The number of nitrogens with one attached hydrogen (secondary N) is 1. The van der Waals surface area contributed by atoms with Gasteiger partial charge in [0.1, 0.15) is 11.4 Å². The third-order valence-electron chi connectivity index (χ3n) is 4.94. The average Bonchev–Trinajstić information content (AvgIpc) is 3.16. The fourth-order valence-electron chi connectivity index (χ4n) is 3.41. The van der Waals surface area contributed by atoms with E-state index in [-0.39, 0.29) is 0 Å². The molecule has 6 heteroatoms. The Labute approximate surface area is 166 Å². The predicted octanol–water partition coefficient (Wildman–Crippen LogP) is 2.42. The minimum atomic E-state index is 0.675. The van der Waals surface area contributed by atoms with E-state index in [1.54, 1.807) is 4.80 Å². The van der Waals surface area contributed by atoms with E-state index in [4.69, 9.17) is 14.9 Å². The first kappa shape index (κ1) is 18.8. The molecule has 1 aliphatic heterocycles. The van der Waals surface area contributed by atoms with Crippen LogP contribution in [0, 0.1) is 0 Å². The molecule has 2 aromatic carbocycles. The number of benzene rings is 2. The number of hydrogen-bond donors (Lipinski definition) is 1. The van der Waals surface area contributed by atoms with Crippen molar-refractivity contribution in [1.29, 1.82) is 0 Å². The van der Waals surface area contributed by atoms with Gasteiger partial charge < -0.3 is 10.1 Å². The van der Waals surface area contributed by atoms with Gasteiger partial charge in [0.05, 0.1) is 19.8 Å². The summed E-state index contributed by atoms with van der Waals surface area (Å²) in [5, 5.41) is 13.1. The molecule has 2 heterocycles. The van der Waals surface area contributed by atoms with Crippen molar-refractivity contribution < 1.29 is 4.74 Å². The summed E-state index contributed by atoms with van der Waals surface area (Å²) in [5.74, 6) is 0. The molecule has 1 fully saturated rings. The van der Waals surface area contributed by atoms with Crippen molar-refractivity contribution in [2.24, 2.45) is 0 Å². The number of ether oxygens (including phenoxy) is 1. The van der Waals surface area contributed by atoms with Gasteiger partial charge in [0.25, 0.3) is 0 Å². The molecule has 0 bridgehead atoms. The topological polar surface area (TPSA) is 55.2 Å². The highest BCUT2D eigenvalue weighted by atomic mass is 16.5. The van der Waals surface area contributed by atoms with E-state index in [1.165, 1.54) is 5.56 Å². The zero-order valence-corrected chi connectivity index (χ0v) is 16.1. The van der Waals surface area contributed by atoms with Crippen LogP contribution in [0.15, 0.2) is 60.7 Å². The second kappa shape index (κ2) is 9.59. The van der Waals surface area contributed by atoms with Gasteiger partial charge in [-0.3, -0.25) is 4.90 Å². The Balaban J connectivity index is 1.43. The van der Waals surface area contributed by atoms with Crippen molar-refractivity contribution in [2.45, 2.75) is 13.1 Å². The summed E-state index contributed by atoms with van der Waals surface area (Å²) in [6.07, 6.45) is 0. The van der Waals surface area contributed by atoms with Gasteiger partial charge in [0.2, 0.25) is 0 Å². The summed E-state index contributed by atoms with van der Waals surface area (Å²) in [5.41, 5.74) is 4.25. The van der Waals surface area contributed by atoms with Gasteiger partial charge in [-0.05, 0) is 5.56 Å². The molecule has 1 aromatic heterocycles. The highest BCUT2D eigenvalue weighted by Gasteiger charge is 2.14. The molecule has 1 N–H and O–H groups in total. The molecule has 1 aliphatic rings. The van der Waals surface area contributed by atoms with E-state index >= 15 is 0 Å². The van der Waals surface area contributed by atoms with Crippen LogP contribution < -0.4 is 5.32 Å². The summed E-state index contributed by atoms with van der Waals surface area (Å²) in [6, 6.07) is 20.6. The Morgan fingerprint density at radius 1 is 0.893 bits per heavy atom. The SMILES string of the molecule is c1ccc(Cn2nc(CNCCN3CCOCC3)c(-c3ccccc3)n2)cc1. The minimum Gasteiger partial charge on any atom is -0.379 e. The van der Waals surface area contributed by atoms with Crippen LogP contribution in [0.5, 0.6) is 0 Å².